The average Bonchev–Trinajstić information content (AvgIpc) is 2.98. The number of alkyl halides is 2. The van der Waals surface area contributed by atoms with Crippen molar-refractivity contribution in [1.29, 1.82) is 0 Å². The van der Waals surface area contributed by atoms with Gasteiger partial charge in [0.15, 0.2) is 23.8 Å². The zero-order valence-electron chi connectivity index (χ0n) is 26.5. The van der Waals surface area contributed by atoms with E-state index in [1.165, 1.54) is 31.2 Å². The van der Waals surface area contributed by atoms with Crippen LogP contribution in [0.15, 0.2) is 41.3 Å². The molecular formula is C29H41F3N3O10P. The normalized spacial score (nSPS) is 15.2. The summed E-state index contributed by atoms with van der Waals surface area (Å²) in [6.45, 7) is 6.96. The molecular weight excluding hydrogens is 638 g/mol. The lowest BCUT2D eigenvalue weighted by atomic mass is 9.97. The lowest BCUT2D eigenvalue weighted by Crippen LogP contribution is -2.51. The Morgan fingerprint density at radius 3 is 2.26 bits per heavy atom. The van der Waals surface area contributed by atoms with E-state index >= 15 is 8.78 Å². The van der Waals surface area contributed by atoms with Gasteiger partial charge in [0, 0.05) is 13.0 Å². The van der Waals surface area contributed by atoms with Gasteiger partial charge in [0.05, 0.1) is 18.9 Å². The molecule has 2 N–H and O–H groups in total. The fourth-order valence-corrected chi connectivity index (χ4v) is 5.47. The number of carbonyl (C=O) groups is 2. The van der Waals surface area contributed by atoms with Crippen molar-refractivity contribution in [1.82, 2.24) is 9.55 Å². The molecule has 1 aromatic carbocycles. The number of esters is 1. The van der Waals surface area contributed by atoms with E-state index in [-0.39, 0.29) is 11.9 Å². The van der Waals surface area contributed by atoms with Crippen molar-refractivity contribution in [3.63, 3.8) is 0 Å². The van der Waals surface area contributed by atoms with Crippen molar-refractivity contribution < 1.29 is 55.5 Å². The molecule has 0 saturated heterocycles. The topological polar surface area (TPSA) is 165 Å². The Labute approximate surface area is 265 Å². The summed E-state index contributed by atoms with van der Waals surface area (Å²) in [6, 6.07) is 2.85. The molecule has 0 aliphatic heterocycles. The number of hydrogen-bond acceptors (Lipinski definition) is 11. The van der Waals surface area contributed by atoms with Crippen LogP contribution in [0.1, 0.15) is 60.3 Å². The smallest absolute Gasteiger partial charge is 0.461 e. The SMILES string of the molecule is CCCC(CCC)C(=O)Nc1nc(=O)n(C(F)(F)[C@H](O)[C@@H](COP(=O)(Oc2ccccc2)O[C@@H](C)C(=O)OC(C)C)OC)cc1F. The molecule has 4 atom stereocenters. The first-order valence-electron chi connectivity index (χ1n) is 14.7. The lowest BCUT2D eigenvalue weighted by Gasteiger charge is -2.30. The number of rotatable bonds is 19. The summed E-state index contributed by atoms with van der Waals surface area (Å²) in [5.41, 5.74) is -1.70. The highest BCUT2D eigenvalue weighted by Crippen LogP contribution is 2.51. The number of methoxy groups -OCH3 is 1. The number of carbonyl (C=O) groups excluding carboxylic acids is 2. The van der Waals surface area contributed by atoms with Crippen molar-refractivity contribution in [3.05, 3.63) is 52.8 Å². The second-order valence-corrected chi connectivity index (χ2v) is 12.1. The molecule has 1 amide bonds. The standard InChI is InChI=1S/C29H41F3N3O10P/c1-7-12-20(13-8-2)26(37)33-25-22(30)16-35(28(39)34-25)29(31,32)24(36)23(41-6)17-42-46(40,45-21-14-10-9-11-15-21)44-19(5)27(38)43-18(3)4/h9-11,14-16,18-20,23-24,36H,7-8,12-13,17H2,1-6H3,(H,33,34,37,39)/t19-,23+,24+,46?/m0/s1. The number of para-hydroxylation sites is 1. The molecule has 0 saturated carbocycles. The lowest BCUT2D eigenvalue weighted by molar-refractivity contribution is -0.216. The van der Waals surface area contributed by atoms with Crippen LogP contribution in [0.4, 0.5) is 19.0 Å². The van der Waals surface area contributed by atoms with Crippen LogP contribution in [0, 0.1) is 11.7 Å². The predicted octanol–water partition coefficient (Wildman–Crippen LogP) is 5.02. The zero-order valence-corrected chi connectivity index (χ0v) is 27.4. The molecule has 13 nitrogen and oxygen atoms in total. The minimum atomic E-state index is -4.80. The van der Waals surface area contributed by atoms with Crippen LogP contribution in [-0.4, -0.2) is 64.7 Å². The fourth-order valence-electron chi connectivity index (χ4n) is 4.13. The number of phosphoric acid groups is 1. The van der Waals surface area contributed by atoms with E-state index in [4.69, 9.17) is 23.0 Å². The monoisotopic (exact) mass is 679 g/mol. The van der Waals surface area contributed by atoms with Gasteiger partial charge in [0.2, 0.25) is 5.91 Å². The summed E-state index contributed by atoms with van der Waals surface area (Å²) in [7, 11) is -3.89. The minimum Gasteiger partial charge on any atom is -0.461 e. The van der Waals surface area contributed by atoms with Crippen molar-refractivity contribution in [2.45, 2.75) is 90.8 Å². The summed E-state index contributed by atoms with van der Waals surface area (Å²) in [6.07, 6.45) is -4.61. The van der Waals surface area contributed by atoms with Crippen LogP contribution in [0.25, 0.3) is 0 Å². The third kappa shape index (κ3) is 10.9. The van der Waals surface area contributed by atoms with Crippen molar-refractivity contribution in [2.75, 3.05) is 19.0 Å². The molecule has 0 aliphatic carbocycles. The van der Waals surface area contributed by atoms with Gasteiger partial charge in [-0.3, -0.25) is 13.8 Å². The number of amides is 1. The van der Waals surface area contributed by atoms with Gasteiger partial charge in [0.1, 0.15) is 11.9 Å². The van der Waals surface area contributed by atoms with Gasteiger partial charge in [-0.1, -0.05) is 44.9 Å². The van der Waals surface area contributed by atoms with Crippen LogP contribution in [0.2, 0.25) is 0 Å². The van der Waals surface area contributed by atoms with Crippen molar-refractivity contribution in [3.8, 4) is 5.75 Å². The number of aliphatic hydroxyl groups excluding tert-OH is 1. The number of anilines is 1. The molecule has 258 valence electrons. The fraction of sp³-hybridized carbons (Fsp3) is 0.586. The van der Waals surface area contributed by atoms with Crippen molar-refractivity contribution >= 4 is 25.5 Å². The Hall–Kier alpha value is -3.30. The molecule has 0 radical (unpaired) electrons. The molecule has 1 unspecified atom stereocenters. The van der Waals surface area contributed by atoms with Crippen LogP contribution in [-0.2, 0) is 38.7 Å². The zero-order chi connectivity index (χ0) is 34.7. The highest BCUT2D eigenvalue weighted by Gasteiger charge is 2.48. The summed E-state index contributed by atoms with van der Waals surface area (Å²) in [4.78, 5) is 40.7. The van der Waals surface area contributed by atoms with E-state index in [9.17, 15) is 28.4 Å². The largest absolute Gasteiger partial charge is 0.530 e. The maximum Gasteiger partial charge on any atom is 0.530 e. The highest BCUT2D eigenvalue weighted by atomic mass is 31.2. The highest BCUT2D eigenvalue weighted by molar-refractivity contribution is 7.49. The van der Waals surface area contributed by atoms with Gasteiger partial charge in [-0.25, -0.2) is 23.1 Å². The third-order valence-corrected chi connectivity index (χ3v) is 7.90. The molecule has 0 spiro atoms. The molecule has 2 rings (SSSR count). The molecule has 0 aliphatic rings. The number of aliphatic hydroxyl groups is 1. The molecule has 1 aromatic heterocycles. The van der Waals surface area contributed by atoms with Gasteiger partial charge in [0.25, 0.3) is 0 Å². The molecule has 46 heavy (non-hydrogen) atoms. The number of nitrogens with one attached hydrogen (secondary N) is 1. The van der Waals surface area contributed by atoms with Crippen LogP contribution < -0.4 is 15.5 Å². The van der Waals surface area contributed by atoms with Gasteiger partial charge in [-0.15, -0.1) is 0 Å². The number of ether oxygens (including phenoxy) is 2. The molecule has 0 fully saturated rings. The van der Waals surface area contributed by atoms with E-state index in [0.717, 1.165) is 7.11 Å². The Bertz CT molecular complexity index is 1390. The molecule has 1 heterocycles. The minimum absolute atomic E-state index is 0.0360. The second-order valence-electron chi connectivity index (χ2n) is 10.5. The third-order valence-electron chi connectivity index (χ3n) is 6.43. The average molecular weight is 680 g/mol. The van der Waals surface area contributed by atoms with E-state index in [1.807, 2.05) is 13.8 Å². The molecule has 2 aromatic rings. The first-order valence-corrected chi connectivity index (χ1v) is 16.1. The maximum absolute atomic E-state index is 15.4. The maximum atomic E-state index is 15.4. The van der Waals surface area contributed by atoms with Crippen LogP contribution in [0.3, 0.4) is 0 Å². The Balaban J connectivity index is 2.29. The predicted molar refractivity (Wildman–Crippen MR) is 160 cm³/mol. The Morgan fingerprint density at radius 2 is 1.72 bits per heavy atom. The summed E-state index contributed by atoms with van der Waals surface area (Å²) in [5.74, 6) is -4.39. The van der Waals surface area contributed by atoms with E-state index in [1.54, 1.807) is 19.9 Å². The second kappa shape index (κ2) is 17.6. The summed E-state index contributed by atoms with van der Waals surface area (Å²) >= 11 is 0. The Morgan fingerprint density at radius 1 is 1.11 bits per heavy atom. The number of aromatic nitrogens is 2. The number of hydrogen-bond donors (Lipinski definition) is 2. The molecule has 17 heteroatoms. The summed E-state index contributed by atoms with van der Waals surface area (Å²) < 4.78 is 84.6. The quantitative estimate of drug-likeness (QED) is 0.151. The number of phosphoric ester groups is 1. The number of nitrogens with zero attached hydrogens (tertiary/aromatic N) is 2. The number of benzene rings is 1. The van der Waals surface area contributed by atoms with E-state index in [0.29, 0.717) is 25.7 Å². The van der Waals surface area contributed by atoms with Crippen molar-refractivity contribution in [2.24, 2.45) is 5.92 Å². The van der Waals surface area contributed by atoms with Crippen LogP contribution in [0.5, 0.6) is 5.75 Å². The number of halogens is 3. The summed E-state index contributed by atoms with van der Waals surface area (Å²) in [5, 5.41) is 12.8. The van der Waals surface area contributed by atoms with E-state index < -0.39 is 84.6 Å². The first kappa shape index (κ1) is 38.9. The van der Waals surface area contributed by atoms with Gasteiger partial charge in [-0.05, 0) is 45.7 Å². The first-order chi connectivity index (χ1) is 21.6. The van der Waals surface area contributed by atoms with Gasteiger partial charge >= 0.3 is 25.5 Å². The van der Waals surface area contributed by atoms with Gasteiger partial charge in [-0.2, -0.15) is 13.8 Å². The van der Waals surface area contributed by atoms with Crippen LogP contribution >= 0.6 is 7.82 Å². The van der Waals surface area contributed by atoms with Gasteiger partial charge < -0.3 is 24.4 Å². The Kier molecular flexibility index (Phi) is 14.9. The molecule has 0 bridgehead atoms. The van der Waals surface area contributed by atoms with E-state index in [2.05, 4.69) is 10.3 Å².